The summed E-state index contributed by atoms with van der Waals surface area (Å²) in [6, 6.07) is 17.9. The fourth-order valence-corrected chi connectivity index (χ4v) is 1.86. The van der Waals surface area contributed by atoms with Crippen molar-refractivity contribution in [2.75, 3.05) is 6.61 Å². The largest absolute Gasteiger partial charge is 0.493 e. The molecule has 0 saturated heterocycles. The van der Waals surface area contributed by atoms with E-state index in [2.05, 4.69) is 34.9 Å². The lowest BCUT2D eigenvalue weighted by Crippen LogP contribution is -2.24. The number of benzene rings is 2. The van der Waals surface area contributed by atoms with Crippen LogP contribution < -0.4 is 15.9 Å². The highest BCUT2D eigenvalue weighted by molar-refractivity contribution is 7.80. The molecule has 0 heterocycles. The molecule has 0 aromatic heterocycles. The number of thiocarbonyl (C=S) groups is 1. The number of hydrogen-bond acceptors (Lipinski definition) is 3. The van der Waals surface area contributed by atoms with Gasteiger partial charge < -0.3 is 10.5 Å². The highest BCUT2D eigenvalue weighted by Crippen LogP contribution is 2.16. The van der Waals surface area contributed by atoms with Crippen LogP contribution in [0.3, 0.4) is 0 Å². The summed E-state index contributed by atoms with van der Waals surface area (Å²) in [5.41, 5.74) is 9.96. The first kappa shape index (κ1) is 15.0. The summed E-state index contributed by atoms with van der Waals surface area (Å²) >= 11 is 4.69. The molecule has 4 nitrogen and oxygen atoms in total. The second-order valence-corrected chi connectivity index (χ2v) is 4.80. The van der Waals surface area contributed by atoms with Crippen molar-refractivity contribution in [2.45, 2.75) is 6.42 Å². The molecule has 0 spiro atoms. The van der Waals surface area contributed by atoms with Crippen LogP contribution in [-0.4, -0.2) is 17.9 Å². The fraction of sp³-hybridized carbons (Fsp3) is 0.125. The van der Waals surface area contributed by atoms with Gasteiger partial charge in [-0.3, -0.25) is 5.43 Å². The third kappa shape index (κ3) is 5.24. The van der Waals surface area contributed by atoms with Crippen molar-refractivity contribution in [1.29, 1.82) is 0 Å². The predicted molar refractivity (Wildman–Crippen MR) is 89.6 cm³/mol. The van der Waals surface area contributed by atoms with Crippen molar-refractivity contribution in [3.63, 3.8) is 0 Å². The number of hydrazone groups is 1. The average molecular weight is 299 g/mol. The lowest BCUT2D eigenvalue weighted by Gasteiger charge is -2.09. The molecule has 0 aliphatic rings. The fourth-order valence-electron chi connectivity index (χ4n) is 1.81. The second-order valence-electron chi connectivity index (χ2n) is 4.36. The molecule has 2 rings (SSSR count). The molecular weight excluding hydrogens is 282 g/mol. The number of nitrogens with two attached hydrogens (primary N) is 1. The van der Waals surface area contributed by atoms with E-state index in [0.29, 0.717) is 6.61 Å². The molecule has 21 heavy (non-hydrogen) atoms. The van der Waals surface area contributed by atoms with E-state index in [9.17, 15) is 0 Å². The zero-order chi connectivity index (χ0) is 14.9. The molecule has 0 unspecified atom stereocenters. The van der Waals surface area contributed by atoms with Gasteiger partial charge in [0.2, 0.25) is 0 Å². The van der Waals surface area contributed by atoms with Crippen LogP contribution in [0.25, 0.3) is 0 Å². The monoisotopic (exact) mass is 299 g/mol. The molecule has 2 aromatic carbocycles. The first-order chi connectivity index (χ1) is 10.3. The minimum atomic E-state index is 0.133. The zero-order valence-corrected chi connectivity index (χ0v) is 12.3. The Labute approximate surface area is 129 Å². The number of hydrogen-bond donors (Lipinski definition) is 2. The van der Waals surface area contributed by atoms with Crippen molar-refractivity contribution in [2.24, 2.45) is 10.8 Å². The summed E-state index contributed by atoms with van der Waals surface area (Å²) in [6.07, 6.45) is 2.49. The van der Waals surface area contributed by atoms with E-state index in [-0.39, 0.29) is 5.11 Å². The lowest BCUT2D eigenvalue weighted by atomic mass is 10.2. The maximum Gasteiger partial charge on any atom is 0.184 e. The zero-order valence-electron chi connectivity index (χ0n) is 11.5. The summed E-state index contributed by atoms with van der Waals surface area (Å²) < 4.78 is 5.82. The third-order valence-electron chi connectivity index (χ3n) is 2.79. The van der Waals surface area contributed by atoms with Crippen LogP contribution in [0.5, 0.6) is 5.75 Å². The Balaban J connectivity index is 1.93. The van der Waals surface area contributed by atoms with Gasteiger partial charge in [-0.2, -0.15) is 5.10 Å². The standard InChI is InChI=1S/C16H17N3OS/c17-16(21)19-18-12-14-8-4-5-9-15(14)20-11-10-13-6-2-1-3-7-13/h1-9,12H,10-11H2,(H3,17,19,21). The van der Waals surface area contributed by atoms with Crippen molar-refractivity contribution < 1.29 is 4.74 Å². The van der Waals surface area contributed by atoms with Crippen LogP contribution in [0.15, 0.2) is 59.7 Å². The van der Waals surface area contributed by atoms with E-state index in [1.807, 2.05) is 42.5 Å². The van der Waals surface area contributed by atoms with E-state index in [1.165, 1.54) is 5.56 Å². The van der Waals surface area contributed by atoms with Gasteiger partial charge in [0.15, 0.2) is 5.11 Å². The Morgan fingerprint density at radius 3 is 2.62 bits per heavy atom. The predicted octanol–water partition coefficient (Wildman–Crippen LogP) is 2.48. The quantitative estimate of drug-likeness (QED) is 0.489. The molecular formula is C16H17N3OS. The smallest absolute Gasteiger partial charge is 0.184 e. The van der Waals surface area contributed by atoms with Gasteiger partial charge in [0, 0.05) is 12.0 Å². The van der Waals surface area contributed by atoms with Gasteiger partial charge in [0.1, 0.15) is 5.75 Å². The molecule has 0 amide bonds. The van der Waals surface area contributed by atoms with Crippen LogP contribution in [0.1, 0.15) is 11.1 Å². The minimum absolute atomic E-state index is 0.133. The molecule has 0 bridgehead atoms. The number of ether oxygens (including phenoxy) is 1. The Morgan fingerprint density at radius 1 is 1.14 bits per heavy atom. The third-order valence-corrected chi connectivity index (χ3v) is 2.88. The Bertz CT molecular complexity index is 614. The molecule has 0 aliphatic heterocycles. The highest BCUT2D eigenvalue weighted by Gasteiger charge is 2.00. The minimum Gasteiger partial charge on any atom is -0.493 e. The van der Waals surface area contributed by atoms with E-state index in [4.69, 9.17) is 10.5 Å². The van der Waals surface area contributed by atoms with Crippen molar-refractivity contribution in [3.8, 4) is 5.75 Å². The summed E-state index contributed by atoms with van der Waals surface area (Å²) in [7, 11) is 0. The van der Waals surface area contributed by atoms with Gasteiger partial charge in [-0.15, -0.1) is 0 Å². The normalized spacial score (nSPS) is 10.5. The van der Waals surface area contributed by atoms with Gasteiger partial charge in [-0.25, -0.2) is 0 Å². The second kappa shape index (κ2) is 8.01. The molecule has 2 aromatic rings. The van der Waals surface area contributed by atoms with Crippen molar-refractivity contribution in [1.82, 2.24) is 5.43 Å². The van der Waals surface area contributed by atoms with Gasteiger partial charge in [-0.1, -0.05) is 42.5 Å². The molecule has 0 atom stereocenters. The van der Waals surface area contributed by atoms with E-state index < -0.39 is 0 Å². The molecule has 108 valence electrons. The lowest BCUT2D eigenvalue weighted by molar-refractivity contribution is 0.321. The van der Waals surface area contributed by atoms with Crippen LogP contribution in [0.4, 0.5) is 0 Å². The summed E-state index contributed by atoms with van der Waals surface area (Å²) in [4.78, 5) is 0. The Hall–Kier alpha value is -2.40. The SMILES string of the molecule is NC(=S)NN=Cc1ccccc1OCCc1ccccc1. The van der Waals surface area contributed by atoms with Gasteiger partial charge >= 0.3 is 0 Å². The number of para-hydroxylation sites is 1. The van der Waals surface area contributed by atoms with Gasteiger partial charge in [0.05, 0.1) is 12.8 Å². The van der Waals surface area contributed by atoms with Gasteiger partial charge in [0.25, 0.3) is 0 Å². The van der Waals surface area contributed by atoms with Gasteiger partial charge in [-0.05, 0) is 29.9 Å². The summed E-state index contributed by atoms with van der Waals surface area (Å²) in [6.45, 7) is 0.609. The average Bonchev–Trinajstić information content (AvgIpc) is 2.49. The highest BCUT2D eigenvalue weighted by atomic mass is 32.1. The topological polar surface area (TPSA) is 59.6 Å². The van der Waals surface area contributed by atoms with Crippen LogP contribution in [0, 0.1) is 0 Å². The summed E-state index contributed by atoms with van der Waals surface area (Å²) in [5.74, 6) is 0.780. The van der Waals surface area contributed by atoms with Crippen molar-refractivity contribution in [3.05, 3.63) is 65.7 Å². The van der Waals surface area contributed by atoms with E-state index >= 15 is 0 Å². The number of rotatable bonds is 6. The van der Waals surface area contributed by atoms with Crippen molar-refractivity contribution >= 4 is 23.5 Å². The van der Waals surface area contributed by atoms with Crippen LogP contribution in [-0.2, 0) is 6.42 Å². The molecule has 0 fully saturated rings. The first-order valence-corrected chi connectivity index (χ1v) is 7.01. The molecule has 0 radical (unpaired) electrons. The molecule has 0 aliphatic carbocycles. The van der Waals surface area contributed by atoms with Crippen LogP contribution >= 0.6 is 12.2 Å². The summed E-state index contributed by atoms with van der Waals surface area (Å²) in [5, 5.41) is 4.08. The molecule has 3 N–H and O–H groups in total. The molecule has 0 saturated carbocycles. The first-order valence-electron chi connectivity index (χ1n) is 6.60. The Morgan fingerprint density at radius 2 is 1.86 bits per heavy atom. The maximum atomic E-state index is 5.82. The number of nitrogens with zero attached hydrogens (tertiary/aromatic N) is 1. The maximum absolute atomic E-state index is 5.82. The van der Waals surface area contributed by atoms with E-state index in [1.54, 1.807) is 6.21 Å². The van der Waals surface area contributed by atoms with Crippen LogP contribution in [0.2, 0.25) is 0 Å². The molecule has 5 heteroatoms. The Kier molecular flexibility index (Phi) is 5.72. The number of nitrogens with one attached hydrogen (secondary N) is 1. The van der Waals surface area contributed by atoms with E-state index in [0.717, 1.165) is 17.7 Å².